The van der Waals surface area contributed by atoms with Crippen molar-refractivity contribution in [2.45, 2.75) is 26.5 Å². The van der Waals surface area contributed by atoms with E-state index in [0.717, 1.165) is 5.56 Å². The Morgan fingerprint density at radius 1 is 1.13 bits per heavy atom. The Bertz CT molecular complexity index is 665. The summed E-state index contributed by atoms with van der Waals surface area (Å²) in [7, 11) is 0. The Hall–Kier alpha value is -2.62. The van der Waals surface area contributed by atoms with Crippen molar-refractivity contribution in [2.75, 3.05) is 0 Å². The van der Waals surface area contributed by atoms with Crippen LogP contribution in [0, 0.1) is 5.92 Å². The van der Waals surface area contributed by atoms with Crippen LogP contribution >= 0.6 is 0 Å². The van der Waals surface area contributed by atoms with E-state index in [1.54, 1.807) is 24.3 Å². The lowest BCUT2D eigenvalue weighted by Crippen LogP contribution is -2.27. The summed E-state index contributed by atoms with van der Waals surface area (Å²) in [5.74, 6) is -0.229. The number of hydrogen-bond donors (Lipinski definition) is 1. The second-order valence-corrected chi connectivity index (χ2v) is 5.62. The summed E-state index contributed by atoms with van der Waals surface area (Å²) in [6.45, 7) is 4.06. The average Bonchev–Trinajstić information content (AvgIpc) is 2.55. The summed E-state index contributed by atoms with van der Waals surface area (Å²) in [5.41, 5.74) is 1.52. The van der Waals surface area contributed by atoms with Crippen molar-refractivity contribution in [1.82, 2.24) is 0 Å². The van der Waals surface area contributed by atoms with Gasteiger partial charge in [0.1, 0.15) is 18.4 Å². The summed E-state index contributed by atoms with van der Waals surface area (Å²) in [6.07, 6.45) is 1.52. The molecule has 0 radical (unpaired) electrons. The molecule has 0 fully saturated rings. The fraction of sp³-hybridized carbons (Fsp3) is 0.263. The van der Waals surface area contributed by atoms with E-state index in [1.165, 1.54) is 6.21 Å². The number of phenolic OH excluding ortho intramolecular Hbond substituents is 1. The van der Waals surface area contributed by atoms with Gasteiger partial charge in [0.2, 0.25) is 0 Å². The van der Waals surface area contributed by atoms with Gasteiger partial charge in [0.15, 0.2) is 0 Å². The maximum absolute atomic E-state index is 12.3. The molecule has 0 aromatic heterocycles. The first-order valence-electron chi connectivity index (χ1n) is 7.59. The molecule has 4 heteroatoms. The van der Waals surface area contributed by atoms with Gasteiger partial charge in [-0.15, -0.1) is 0 Å². The van der Waals surface area contributed by atoms with E-state index in [-0.39, 0.29) is 24.2 Å². The smallest absolute Gasteiger partial charge is 0.331 e. The minimum absolute atomic E-state index is 0.000350. The number of ether oxygens (including phenoxy) is 1. The van der Waals surface area contributed by atoms with E-state index in [9.17, 15) is 9.90 Å². The number of esters is 1. The summed E-state index contributed by atoms with van der Waals surface area (Å²) >= 11 is 0. The second kappa shape index (κ2) is 8.13. The van der Waals surface area contributed by atoms with Gasteiger partial charge in [0.25, 0.3) is 0 Å². The number of carbonyl (C=O) groups is 1. The molecule has 4 nitrogen and oxygen atoms in total. The Labute approximate surface area is 136 Å². The van der Waals surface area contributed by atoms with Crippen molar-refractivity contribution < 1.29 is 14.6 Å². The fourth-order valence-electron chi connectivity index (χ4n) is 2.08. The average molecular weight is 311 g/mol. The van der Waals surface area contributed by atoms with Crippen LogP contribution in [0.5, 0.6) is 5.75 Å². The molecule has 1 atom stereocenters. The van der Waals surface area contributed by atoms with Crippen LogP contribution in [0.1, 0.15) is 25.0 Å². The minimum Gasteiger partial charge on any atom is -0.507 e. The molecule has 0 saturated heterocycles. The molecule has 2 aromatic carbocycles. The van der Waals surface area contributed by atoms with E-state index in [2.05, 4.69) is 4.99 Å². The van der Waals surface area contributed by atoms with Crippen LogP contribution < -0.4 is 0 Å². The number of aliphatic imine (C=N–C) groups is 1. The van der Waals surface area contributed by atoms with Gasteiger partial charge in [-0.05, 0) is 23.6 Å². The Kier molecular flexibility index (Phi) is 5.92. The lowest BCUT2D eigenvalue weighted by molar-refractivity contribution is -0.147. The van der Waals surface area contributed by atoms with Gasteiger partial charge in [0.05, 0.1) is 0 Å². The fourth-order valence-corrected chi connectivity index (χ4v) is 2.08. The maximum Gasteiger partial charge on any atom is 0.331 e. The number of nitrogens with zero attached hydrogens (tertiary/aromatic N) is 1. The lowest BCUT2D eigenvalue weighted by Gasteiger charge is -2.15. The van der Waals surface area contributed by atoms with Gasteiger partial charge in [-0.3, -0.25) is 4.99 Å². The largest absolute Gasteiger partial charge is 0.507 e. The summed E-state index contributed by atoms with van der Waals surface area (Å²) < 4.78 is 5.36. The van der Waals surface area contributed by atoms with Crippen LogP contribution in [0.25, 0.3) is 0 Å². The molecule has 0 aliphatic carbocycles. The molecule has 0 aliphatic rings. The van der Waals surface area contributed by atoms with E-state index in [1.807, 2.05) is 44.2 Å². The van der Waals surface area contributed by atoms with Gasteiger partial charge in [-0.25, -0.2) is 4.79 Å². The highest BCUT2D eigenvalue weighted by molar-refractivity contribution is 5.86. The first-order valence-corrected chi connectivity index (χ1v) is 7.59. The molecule has 23 heavy (non-hydrogen) atoms. The van der Waals surface area contributed by atoms with Crippen molar-refractivity contribution in [3.05, 3.63) is 65.7 Å². The highest BCUT2D eigenvalue weighted by Crippen LogP contribution is 2.15. The van der Waals surface area contributed by atoms with Crippen LogP contribution in [-0.4, -0.2) is 23.3 Å². The van der Waals surface area contributed by atoms with Crippen LogP contribution in [0.3, 0.4) is 0 Å². The molecule has 0 amide bonds. The second-order valence-electron chi connectivity index (χ2n) is 5.62. The predicted molar refractivity (Wildman–Crippen MR) is 90.6 cm³/mol. The number of phenols is 1. The normalized spacial score (nSPS) is 12.5. The molecule has 0 unspecified atom stereocenters. The molecule has 0 bridgehead atoms. The van der Waals surface area contributed by atoms with Crippen LogP contribution in [0.15, 0.2) is 59.6 Å². The highest BCUT2D eigenvalue weighted by Gasteiger charge is 2.22. The van der Waals surface area contributed by atoms with Crippen molar-refractivity contribution in [2.24, 2.45) is 10.9 Å². The summed E-state index contributed by atoms with van der Waals surface area (Å²) in [4.78, 5) is 16.6. The first kappa shape index (κ1) is 16.7. The Morgan fingerprint density at radius 3 is 2.43 bits per heavy atom. The monoisotopic (exact) mass is 311 g/mol. The van der Waals surface area contributed by atoms with Gasteiger partial charge in [0, 0.05) is 11.8 Å². The standard InChI is InChI=1S/C19H21NO3/c1-14(2)18(20-12-16-10-6-7-11-17(16)21)19(22)23-13-15-8-4-3-5-9-15/h3-12,14,18,21H,13H2,1-2H3/t18-/m0/s1. The first-order chi connectivity index (χ1) is 11.1. The van der Waals surface area contributed by atoms with Gasteiger partial charge in [-0.2, -0.15) is 0 Å². The third kappa shape index (κ3) is 4.95. The van der Waals surface area contributed by atoms with Crippen LogP contribution in [0.4, 0.5) is 0 Å². The molecule has 0 aliphatic heterocycles. The number of aromatic hydroxyl groups is 1. The Balaban J connectivity index is 2.03. The maximum atomic E-state index is 12.3. The molecule has 2 aromatic rings. The zero-order valence-electron chi connectivity index (χ0n) is 13.3. The molecule has 0 heterocycles. The molecule has 120 valence electrons. The van der Waals surface area contributed by atoms with Crippen molar-refractivity contribution in [3.8, 4) is 5.75 Å². The minimum atomic E-state index is -0.599. The number of benzene rings is 2. The van der Waals surface area contributed by atoms with Crippen molar-refractivity contribution in [1.29, 1.82) is 0 Å². The predicted octanol–water partition coefficient (Wildman–Crippen LogP) is 3.58. The van der Waals surface area contributed by atoms with Gasteiger partial charge in [-0.1, -0.05) is 56.3 Å². The topological polar surface area (TPSA) is 58.9 Å². The van der Waals surface area contributed by atoms with Gasteiger partial charge >= 0.3 is 5.97 Å². The van der Waals surface area contributed by atoms with Crippen LogP contribution in [-0.2, 0) is 16.1 Å². The number of rotatable bonds is 6. The quantitative estimate of drug-likeness (QED) is 0.655. The Morgan fingerprint density at radius 2 is 1.78 bits per heavy atom. The molecule has 0 saturated carbocycles. The zero-order chi connectivity index (χ0) is 16.7. The van der Waals surface area contributed by atoms with E-state index in [0.29, 0.717) is 5.56 Å². The third-order valence-electron chi connectivity index (χ3n) is 3.41. The number of carbonyl (C=O) groups excluding carboxylic acids is 1. The molecule has 2 rings (SSSR count). The zero-order valence-corrected chi connectivity index (χ0v) is 13.3. The molecular weight excluding hydrogens is 290 g/mol. The molecular formula is C19H21NO3. The van der Waals surface area contributed by atoms with E-state index >= 15 is 0 Å². The van der Waals surface area contributed by atoms with Gasteiger partial charge < -0.3 is 9.84 Å². The van der Waals surface area contributed by atoms with Crippen molar-refractivity contribution >= 4 is 12.2 Å². The lowest BCUT2D eigenvalue weighted by atomic mass is 10.1. The highest BCUT2D eigenvalue weighted by atomic mass is 16.5. The SMILES string of the molecule is CC(C)[C@H](N=Cc1ccccc1O)C(=O)OCc1ccccc1. The summed E-state index contributed by atoms with van der Waals surface area (Å²) in [5, 5.41) is 9.75. The van der Waals surface area contributed by atoms with E-state index < -0.39 is 6.04 Å². The molecule has 0 spiro atoms. The number of para-hydroxylation sites is 1. The number of hydrogen-bond acceptors (Lipinski definition) is 4. The van der Waals surface area contributed by atoms with E-state index in [4.69, 9.17) is 4.74 Å². The summed E-state index contributed by atoms with van der Waals surface area (Å²) in [6, 6.07) is 15.8. The third-order valence-corrected chi connectivity index (χ3v) is 3.41. The molecule has 1 N–H and O–H groups in total. The van der Waals surface area contributed by atoms with Crippen LogP contribution in [0.2, 0.25) is 0 Å². The van der Waals surface area contributed by atoms with Crippen molar-refractivity contribution in [3.63, 3.8) is 0 Å².